The van der Waals surface area contributed by atoms with Gasteiger partial charge in [-0.3, -0.25) is 4.79 Å². The van der Waals surface area contributed by atoms with E-state index in [-0.39, 0.29) is 5.82 Å². The maximum Gasteiger partial charge on any atom is 0.341 e. The fourth-order valence-corrected chi connectivity index (χ4v) is 3.93. The normalized spacial score (nSPS) is 11.2. The molecule has 0 saturated carbocycles. The zero-order valence-electron chi connectivity index (χ0n) is 16.9. The van der Waals surface area contributed by atoms with E-state index in [1.54, 1.807) is 24.3 Å². The number of ether oxygens (including phenoxy) is 1. The summed E-state index contributed by atoms with van der Waals surface area (Å²) < 4.78 is 21.4. The van der Waals surface area contributed by atoms with Gasteiger partial charge in [-0.25, -0.2) is 9.18 Å². The van der Waals surface area contributed by atoms with Gasteiger partial charge < -0.3 is 20.1 Å². The Bertz CT molecular complexity index is 1330. The molecule has 6 nitrogen and oxygen atoms in total. The first-order valence-corrected chi connectivity index (χ1v) is 9.85. The highest BCUT2D eigenvalue weighted by molar-refractivity contribution is 6.19. The molecule has 0 atom stereocenters. The SMILES string of the molecule is CCc1cc(OCC(=O)O)c2c3c(C(N)=O)cccc3n(Cc3cccc(F)c3)c2c1. The van der Waals surface area contributed by atoms with Crippen LogP contribution in [-0.4, -0.2) is 28.2 Å². The van der Waals surface area contributed by atoms with Crippen molar-refractivity contribution in [3.8, 4) is 5.75 Å². The van der Waals surface area contributed by atoms with E-state index >= 15 is 0 Å². The summed E-state index contributed by atoms with van der Waals surface area (Å²) in [6.07, 6.45) is 0.698. The lowest BCUT2D eigenvalue weighted by atomic mass is 10.0. The summed E-state index contributed by atoms with van der Waals surface area (Å²) in [5.74, 6) is -1.67. The minimum absolute atomic E-state index is 0.310. The molecule has 4 aromatic rings. The average Bonchev–Trinajstić information content (AvgIpc) is 3.05. The predicted molar refractivity (Wildman–Crippen MR) is 116 cm³/mol. The Morgan fingerprint density at radius 3 is 2.48 bits per heavy atom. The van der Waals surface area contributed by atoms with Gasteiger partial charge in [0.2, 0.25) is 5.91 Å². The number of halogens is 1. The van der Waals surface area contributed by atoms with E-state index in [1.807, 2.05) is 29.7 Å². The fraction of sp³-hybridized carbons (Fsp3) is 0.167. The lowest BCUT2D eigenvalue weighted by Gasteiger charge is -2.11. The number of aryl methyl sites for hydroxylation is 1. The lowest BCUT2D eigenvalue weighted by molar-refractivity contribution is -0.139. The number of carbonyl (C=O) groups is 2. The number of carbonyl (C=O) groups excluding carboxylic acids is 1. The van der Waals surface area contributed by atoms with Gasteiger partial charge >= 0.3 is 5.97 Å². The number of primary amides is 1. The van der Waals surface area contributed by atoms with Crippen LogP contribution in [0.25, 0.3) is 21.8 Å². The Morgan fingerprint density at radius 1 is 1.03 bits per heavy atom. The van der Waals surface area contributed by atoms with E-state index in [9.17, 15) is 14.0 Å². The van der Waals surface area contributed by atoms with Crippen molar-refractivity contribution < 1.29 is 23.8 Å². The summed E-state index contributed by atoms with van der Waals surface area (Å²) in [6, 6.07) is 15.3. The molecule has 0 spiro atoms. The second kappa shape index (κ2) is 8.10. The first-order valence-electron chi connectivity index (χ1n) is 9.85. The van der Waals surface area contributed by atoms with Gasteiger partial charge in [-0.15, -0.1) is 0 Å². The second-order valence-corrected chi connectivity index (χ2v) is 7.30. The van der Waals surface area contributed by atoms with E-state index in [2.05, 4.69) is 0 Å². The molecule has 3 N–H and O–H groups in total. The Kier molecular flexibility index (Phi) is 5.33. The van der Waals surface area contributed by atoms with Crippen molar-refractivity contribution in [1.29, 1.82) is 0 Å². The number of carboxylic acid groups (broad SMARTS) is 1. The molecular weight excluding hydrogens is 399 g/mol. The summed E-state index contributed by atoms with van der Waals surface area (Å²) in [7, 11) is 0. The smallest absolute Gasteiger partial charge is 0.341 e. The highest BCUT2D eigenvalue weighted by Crippen LogP contribution is 2.39. The number of benzene rings is 3. The van der Waals surface area contributed by atoms with Crippen molar-refractivity contribution in [2.45, 2.75) is 19.9 Å². The lowest BCUT2D eigenvalue weighted by Crippen LogP contribution is -2.12. The molecule has 158 valence electrons. The molecule has 31 heavy (non-hydrogen) atoms. The quantitative estimate of drug-likeness (QED) is 0.470. The molecule has 3 aromatic carbocycles. The molecular formula is C24H21FN2O4. The fourth-order valence-electron chi connectivity index (χ4n) is 3.93. The first-order chi connectivity index (χ1) is 14.9. The highest BCUT2D eigenvalue weighted by Gasteiger charge is 2.21. The van der Waals surface area contributed by atoms with Gasteiger partial charge in [-0.1, -0.05) is 25.1 Å². The Balaban J connectivity index is 2.07. The van der Waals surface area contributed by atoms with Gasteiger partial charge in [0, 0.05) is 17.5 Å². The van der Waals surface area contributed by atoms with Crippen LogP contribution in [0.5, 0.6) is 5.75 Å². The van der Waals surface area contributed by atoms with Crippen molar-refractivity contribution in [1.82, 2.24) is 4.57 Å². The zero-order valence-corrected chi connectivity index (χ0v) is 16.9. The molecule has 1 heterocycles. The van der Waals surface area contributed by atoms with Crippen molar-refractivity contribution in [2.75, 3.05) is 6.61 Å². The largest absolute Gasteiger partial charge is 0.481 e. The van der Waals surface area contributed by atoms with Crippen LogP contribution in [0.2, 0.25) is 0 Å². The predicted octanol–water partition coefficient (Wildman–Crippen LogP) is 4.11. The number of hydrogen-bond acceptors (Lipinski definition) is 3. The third-order valence-electron chi connectivity index (χ3n) is 5.27. The molecule has 0 saturated heterocycles. The molecule has 0 bridgehead atoms. The number of nitrogens with zero attached hydrogens (tertiary/aromatic N) is 1. The highest BCUT2D eigenvalue weighted by atomic mass is 19.1. The number of hydrogen-bond donors (Lipinski definition) is 2. The van der Waals surface area contributed by atoms with E-state index < -0.39 is 18.5 Å². The minimum atomic E-state index is -1.10. The van der Waals surface area contributed by atoms with Gasteiger partial charge in [-0.05, 0) is 53.9 Å². The Morgan fingerprint density at radius 2 is 1.81 bits per heavy atom. The number of rotatable bonds is 7. The Labute approximate surface area is 177 Å². The average molecular weight is 420 g/mol. The summed E-state index contributed by atoms with van der Waals surface area (Å²) >= 11 is 0. The van der Waals surface area contributed by atoms with Crippen LogP contribution >= 0.6 is 0 Å². The van der Waals surface area contributed by atoms with Gasteiger partial charge in [0.1, 0.15) is 11.6 Å². The summed E-state index contributed by atoms with van der Waals surface area (Å²) in [4.78, 5) is 23.3. The number of nitrogens with two attached hydrogens (primary N) is 1. The molecule has 0 aliphatic heterocycles. The van der Waals surface area contributed by atoms with E-state index in [1.165, 1.54) is 12.1 Å². The molecule has 0 unspecified atom stereocenters. The molecule has 1 amide bonds. The molecule has 0 radical (unpaired) electrons. The maximum atomic E-state index is 13.8. The topological polar surface area (TPSA) is 94.6 Å². The number of aromatic nitrogens is 1. The van der Waals surface area contributed by atoms with Crippen LogP contribution in [0, 0.1) is 5.82 Å². The summed E-state index contributed by atoms with van der Waals surface area (Å²) in [6.45, 7) is 1.82. The molecule has 7 heteroatoms. The number of amides is 1. The second-order valence-electron chi connectivity index (χ2n) is 7.30. The van der Waals surface area contributed by atoms with E-state index in [0.717, 1.165) is 22.2 Å². The van der Waals surface area contributed by atoms with Crippen LogP contribution in [0.15, 0.2) is 54.6 Å². The number of aliphatic carboxylic acids is 1. The number of fused-ring (bicyclic) bond motifs is 3. The molecule has 0 aliphatic carbocycles. The van der Waals surface area contributed by atoms with Gasteiger partial charge in [0.25, 0.3) is 0 Å². The monoisotopic (exact) mass is 420 g/mol. The third-order valence-corrected chi connectivity index (χ3v) is 5.27. The van der Waals surface area contributed by atoms with Gasteiger partial charge in [-0.2, -0.15) is 0 Å². The van der Waals surface area contributed by atoms with Crippen molar-refractivity contribution >= 4 is 33.7 Å². The van der Waals surface area contributed by atoms with Crippen LogP contribution in [0.4, 0.5) is 4.39 Å². The van der Waals surface area contributed by atoms with E-state index in [0.29, 0.717) is 35.1 Å². The third kappa shape index (κ3) is 3.82. The van der Waals surface area contributed by atoms with Crippen molar-refractivity contribution in [2.24, 2.45) is 5.73 Å². The summed E-state index contributed by atoms with van der Waals surface area (Å²) in [5, 5.41) is 10.3. The molecule has 0 fully saturated rings. The molecule has 4 rings (SSSR count). The summed E-state index contributed by atoms with van der Waals surface area (Å²) in [5.41, 5.74) is 9.13. The standard InChI is InChI=1S/C24H21FN2O4/c1-2-14-10-19-23(20(11-14)31-13-21(28)29)22-17(24(26)30)7-4-8-18(22)27(19)12-15-5-3-6-16(25)9-15/h3-11H,2,12-13H2,1H3,(H2,26,30)(H,28,29). The first kappa shape index (κ1) is 20.4. The van der Waals surface area contributed by atoms with Crippen LogP contribution in [0.1, 0.15) is 28.4 Å². The zero-order chi connectivity index (χ0) is 22.1. The number of carboxylic acids is 1. The van der Waals surface area contributed by atoms with Crippen LogP contribution in [-0.2, 0) is 17.8 Å². The van der Waals surface area contributed by atoms with E-state index in [4.69, 9.17) is 15.6 Å². The van der Waals surface area contributed by atoms with Gasteiger partial charge in [0.15, 0.2) is 6.61 Å². The van der Waals surface area contributed by atoms with Crippen LogP contribution < -0.4 is 10.5 Å². The van der Waals surface area contributed by atoms with Crippen molar-refractivity contribution in [3.63, 3.8) is 0 Å². The Hall–Kier alpha value is -3.87. The van der Waals surface area contributed by atoms with Gasteiger partial charge in [0.05, 0.1) is 16.4 Å². The molecule has 0 aliphatic rings. The maximum absolute atomic E-state index is 13.8. The molecule has 1 aromatic heterocycles. The van der Waals surface area contributed by atoms with Crippen molar-refractivity contribution in [3.05, 3.63) is 77.1 Å². The minimum Gasteiger partial charge on any atom is -0.481 e. The van der Waals surface area contributed by atoms with Crippen LogP contribution in [0.3, 0.4) is 0 Å².